The van der Waals surface area contributed by atoms with Crippen LogP contribution in [0.3, 0.4) is 0 Å². The van der Waals surface area contributed by atoms with E-state index in [-0.39, 0.29) is 39.2 Å². The van der Waals surface area contributed by atoms with Gasteiger partial charge in [-0.3, -0.25) is 9.47 Å². The van der Waals surface area contributed by atoms with Crippen molar-refractivity contribution in [2.75, 3.05) is 9.80 Å². The molecule has 1 aromatic heterocycles. The molecule has 0 atom stereocenters. The molecule has 0 amide bonds. The minimum Gasteiger partial charge on any atom is -0.311 e. The number of hydrogen-bond acceptors (Lipinski definition) is 3. The smallest absolute Gasteiger partial charge is 0.277 e. The summed E-state index contributed by atoms with van der Waals surface area (Å²) in [6, 6.07) is 58.5. The first-order valence-electron chi connectivity index (χ1n) is 27.1. The highest BCUT2D eigenvalue weighted by Crippen LogP contribution is 2.50. The van der Waals surface area contributed by atoms with Crippen LogP contribution >= 0.6 is 0 Å². The lowest BCUT2D eigenvalue weighted by Gasteiger charge is -2.44. The van der Waals surface area contributed by atoms with Crippen LogP contribution in [0.4, 0.5) is 34.3 Å². The maximum absolute atomic E-state index is 6.09. The van der Waals surface area contributed by atoms with E-state index in [0.29, 0.717) is 0 Å². The summed E-state index contributed by atoms with van der Waals surface area (Å²) >= 11 is 0. The standard InChI is InChI=1S/C69H79BN4/c1-64(2,3)46-28-24-44(25-29-46)54-40-49(67(10,11)12)34-38-56(54)74-59-43-51(69(16,17)18)42-58-60(59)70(55-41-50(68(13,14)15)35-39-57(55)72(58)53-36-32-48(33-37-53)66(7,8)9)61-63(74)73(52-22-20-19-21-23-52)62(71-61)45-26-30-47(31-27-45)65(4,5)6/h19-43H,1-18H3. The molecule has 0 spiro atoms. The maximum Gasteiger partial charge on any atom is 0.277 e. The van der Waals surface area contributed by atoms with Crippen molar-refractivity contribution in [1.29, 1.82) is 0 Å². The molecular formula is C69H79BN4. The average Bonchev–Trinajstić information content (AvgIpc) is 3.73. The van der Waals surface area contributed by atoms with Gasteiger partial charge in [-0.25, -0.2) is 4.98 Å². The van der Waals surface area contributed by atoms with Crippen molar-refractivity contribution in [3.05, 3.63) is 185 Å². The molecular weight excluding hydrogens is 896 g/mol. The minimum absolute atomic E-state index is 0.00242. The molecule has 0 aliphatic carbocycles. The van der Waals surface area contributed by atoms with Crippen LogP contribution in [0, 0.1) is 0 Å². The fraction of sp³-hybridized carbons (Fsp3) is 0.348. The van der Waals surface area contributed by atoms with Crippen LogP contribution in [0.5, 0.6) is 0 Å². The molecule has 0 fully saturated rings. The van der Waals surface area contributed by atoms with Gasteiger partial charge in [0.05, 0.1) is 11.3 Å². The predicted molar refractivity (Wildman–Crippen MR) is 321 cm³/mol. The monoisotopic (exact) mass is 975 g/mol. The summed E-state index contributed by atoms with van der Waals surface area (Å²) in [6.45, 7) is 41.6. The Morgan fingerprint density at radius 3 is 1.28 bits per heavy atom. The molecule has 0 saturated carbocycles. The van der Waals surface area contributed by atoms with E-state index in [1.54, 1.807) is 0 Å². The number of para-hydroxylation sites is 1. The number of hydrogen-bond donors (Lipinski definition) is 0. The number of rotatable bonds is 5. The van der Waals surface area contributed by atoms with E-state index in [1.807, 2.05) is 0 Å². The molecule has 7 aromatic carbocycles. The van der Waals surface area contributed by atoms with Crippen molar-refractivity contribution in [2.24, 2.45) is 0 Å². The Kier molecular flexibility index (Phi) is 12.0. The second-order valence-electron chi connectivity index (χ2n) is 27.6. The lowest BCUT2D eigenvalue weighted by atomic mass is 9.35. The van der Waals surface area contributed by atoms with Crippen LogP contribution in [-0.2, 0) is 32.5 Å². The summed E-state index contributed by atoms with van der Waals surface area (Å²) in [5.41, 5.74) is 21.4. The molecule has 0 radical (unpaired) electrons. The van der Waals surface area contributed by atoms with Gasteiger partial charge in [0.2, 0.25) is 0 Å². The fourth-order valence-electron chi connectivity index (χ4n) is 11.0. The van der Waals surface area contributed by atoms with Crippen LogP contribution < -0.4 is 26.3 Å². The second kappa shape index (κ2) is 17.5. The van der Waals surface area contributed by atoms with Gasteiger partial charge in [0.15, 0.2) is 0 Å². The van der Waals surface area contributed by atoms with Crippen molar-refractivity contribution in [3.63, 3.8) is 0 Å². The average molecular weight is 975 g/mol. The Hall–Kier alpha value is -6.59. The van der Waals surface area contributed by atoms with Gasteiger partial charge < -0.3 is 4.90 Å². The van der Waals surface area contributed by atoms with E-state index in [0.717, 1.165) is 39.9 Å². The molecule has 0 N–H and O–H groups in total. The molecule has 378 valence electrons. The van der Waals surface area contributed by atoms with E-state index in [2.05, 4.69) is 291 Å². The van der Waals surface area contributed by atoms with Crippen molar-refractivity contribution >= 4 is 57.5 Å². The van der Waals surface area contributed by atoms with Crippen LogP contribution in [0.2, 0.25) is 0 Å². The highest BCUT2D eigenvalue weighted by atomic mass is 15.3. The van der Waals surface area contributed by atoms with Gasteiger partial charge in [0.25, 0.3) is 6.71 Å². The molecule has 2 aliphatic heterocycles. The van der Waals surface area contributed by atoms with Crippen LogP contribution in [-0.4, -0.2) is 16.3 Å². The molecule has 0 saturated heterocycles. The summed E-state index contributed by atoms with van der Waals surface area (Å²) in [7, 11) is 0. The third-order valence-corrected chi connectivity index (χ3v) is 15.8. The zero-order valence-corrected chi connectivity index (χ0v) is 47.8. The minimum atomic E-state index is -0.191. The molecule has 8 aromatic rings. The van der Waals surface area contributed by atoms with E-state index in [1.165, 1.54) is 72.5 Å². The van der Waals surface area contributed by atoms with Gasteiger partial charge in [0, 0.05) is 39.6 Å². The number of benzene rings is 7. The Bertz CT molecular complexity index is 3410. The summed E-state index contributed by atoms with van der Waals surface area (Å²) in [6.07, 6.45) is 0. The number of anilines is 6. The number of aromatic nitrogens is 2. The lowest BCUT2D eigenvalue weighted by Crippen LogP contribution is -2.62. The topological polar surface area (TPSA) is 24.3 Å². The molecule has 10 rings (SSSR count). The van der Waals surface area contributed by atoms with Gasteiger partial charge in [-0.05, 0) is 137 Å². The van der Waals surface area contributed by atoms with E-state index in [9.17, 15) is 0 Å². The molecule has 3 heterocycles. The molecule has 4 nitrogen and oxygen atoms in total. The molecule has 2 aliphatic rings. The summed E-state index contributed by atoms with van der Waals surface area (Å²) in [4.78, 5) is 11.3. The van der Waals surface area contributed by atoms with Crippen molar-refractivity contribution < 1.29 is 0 Å². The third-order valence-electron chi connectivity index (χ3n) is 15.8. The van der Waals surface area contributed by atoms with Crippen molar-refractivity contribution in [3.8, 4) is 28.2 Å². The highest BCUT2D eigenvalue weighted by molar-refractivity contribution is 7.00. The van der Waals surface area contributed by atoms with Gasteiger partial charge in [-0.2, -0.15) is 0 Å². The Labute approximate surface area is 445 Å². The maximum atomic E-state index is 6.09. The van der Waals surface area contributed by atoms with Gasteiger partial charge in [-0.1, -0.05) is 222 Å². The Balaban J connectivity index is 1.39. The van der Waals surface area contributed by atoms with Crippen molar-refractivity contribution in [2.45, 2.75) is 157 Å². The largest absolute Gasteiger partial charge is 0.311 e. The Morgan fingerprint density at radius 1 is 0.351 bits per heavy atom. The molecule has 5 heteroatoms. The first-order valence-corrected chi connectivity index (χ1v) is 27.1. The van der Waals surface area contributed by atoms with Crippen LogP contribution in [0.15, 0.2) is 152 Å². The van der Waals surface area contributed by atoms with Crippen LogP contribution in [0.1, 0.15) is 158 Å². The number of imidazole rings is 1. The number of fused-ring (bicyclic) bond motifs is 4. The number of nitrogens with zero attached hydrogens (tertiary/aromatic N) is 4. The zero-order valence-electron chi connectivity index (χ0n) is 47.8. The third kappa shape index (κ3) is 9.03. The summed E-state index contributed by atoms with van der Waals surface area (Å²) in [5.74, 6) is 1.99. The van der Waals surface area contributed by atoms with Gasteiger partial charge in [-0.15, -0.1) is 0 Å². The van der Waals surface area contributed by atoms with Crippen molar-refractivity contribution in [1.82, 2.24) is 9.55 Å². The SMILES string of the molecule is CC(C)(C)c1ccc(-c2cc(C(C)(C)C)ccc2N2c3cc(C(C)(C)C)cc4c3B(c3cc(C(C)(C)C)ccc3N4c3ccc(C(C)(C)C)cc3)c3nc(-c4ccc(C(C)(C)C)cc4)n(-c4ccccc4)c32)cc1. The fourth-order valence-corrected chi connectivity index (χ4v) is 11.0. The van der Waals surface area contributed by atoms with Gasteiger partial charge in [0.1, 0.15) is 11.6 Å². The van der Waals surface area contributed by atoms with Crippen LogP contribution in [0.25, 0.3) is 28.2 Å². The quantitative estimate of drug-likeness (QED) is 0.161. The van der Waals surface area contributed by atoms with Gasteiger partial charge >= 0.3 is 0 Å². The molecule has 0 unspecified atom stereocenters. The first-order chi connectivity index (χ1) is 34.5. The normalized spacial score (nSPS) is 14.0. The summed E-state index contributed by atoms with van der Waals surface area (Å²) in [5, 5.41) is 0. The summed E-state index contributed by atoms with van der Waals surface area (Å²) < 4.78 is 2.48. The lowest BCUT2D eigenvalue weighted by molar-refractivity contribution is 0.589. The highest BCUT2D eigenvalue weighted by Gasteiger charge is 2.48. The Morgan fingerprint density at radius 2 is 0.784 bits per heavy atom. The van der Waals surface area contributed by atoms with E-state index >= 15 is 0 Å². The van der Waals surface area contributed by atoms with E-state index in [4.69, 9.17) is 4.98 Å². The second-order valence-corrected chi connectivity index (χ2v) is 27.6. The molecule has 0 bridgehead atoms. The predicted octanol–water partition coefficient (Wildman–Crippen LogP) is 17.1. The zero-order chi connectivity index (χ0) is 53.2. The van der Waals surface area contributed by atoms with E-state index < -0.39 is 0 Å². The molecule has 74 heavy (non-hydrogen) atoms. The first kappa shape index (κ1) is 50.9.